The summed E-state index contributed by atoms with van der Waals surface area (Å²) >= 11 is 0. The second-order valence-corrected chi connectivity index (χ2v) is 7.08. The van der Waals surface area contributed by atoms with Gasteiger partial charge in [-0.25, -0.2) is 14.4 Å². The topological polar surface area (TPSA) is 84.2 Å². The van der Waals surface area contributed by atoms with Gasteiger partial charge in [-0.3, -0.25) is 10.1 Å². The summed E-state index contributed by atoms with van der Waals surface area (Å²) < 4.78 is 13.1. The Bertz CT molecular complexity index is 1070. The molecule has 162 valence electrons. The molecule has 0 unspecified atom stereocenters. The average molecular weight is 423 g/mol. The molecule has 3 aromatic rings. The molecule has 3 rings (SSSR count). The molecule has 0 bridgehead atoms. The lowest BCUT2D eigenvalue weighted by Gasteiger charge is -2.18. The number of hydrogen-bond acceptors (Lipinski definition) is 6. The molecule has 2 aromatic carbocycles. The van der Waals surface area contributed by atoms with Gasteiger partial charge in [0.15, 0.2) is 5.82 Å². The van der Waals surface area contributed by atoms with Crippen molar-refractivity contribution in [2.24, 2.45) is 0 Å². The van der Waals surface area contributed by atoms with E-state index < -0.39 is 4.92 Å². The molecule has 0 fully saturated rings. The lowest BCUT2D eigenvalue weighted by Crippen LogP contribution is -2.25. The molecule has 31 heavy (non-hydrogen) atoms. The van der Waals surface area contributed by atoms with Crippen molar-refractivity contribution >= 4 is 34.6 Å². The number of aromatic nitrogens is 2. The summed E-state index contributed by atoms with van der Waals surface area (Å²) in [5.74, 6) is 0.754. The normalized spacial score (nSPS) is 11.5. The summed E-state index contributed by atoms with van der Waals surface area (Å²) in [6.45, 7) is 8.00. The Morgan fingerprint density at radius 3 is 2.52 bits per heavy atom. The molecule has 1 N–H and O–H groups in total. The van der Waals surface area contributed by atoms with Crippen LogP contribution in [0.25, 0.3) is 23.1 Å². The number of nitro benzene ring substituents is 1. The maximum atomic E-state index is 13.1. The second-order valence-electron chi connectivity index (χ2n) is 7.08. The number of nitrogens with zero attached hydrogens (tertiary/aromatic N) is 4. The first kappa shape index (κ1) is 22.3. The molecular weight excluding hydrogens is 397 g/mol. The van der Waals surface area contributed by atoms with Gasteiger partial charge in [0, 0.05) is 24.1 Å². The summed E-state index contributed by atoms with van der Waals surface area (Å²) in [4.78, 5) is 22.2. The number of nitrogens with one attached hydrogen (secondary N) is 1. The minimum atomic E-state index is -0.438. The number of benzene rings is 2. The molecule has 0 saturated carbocycles. The van der Waals surface area contributed by atoms with Crippen molar-refractivity contribution in [1.82, 2.24) is 14.9 Å². The van der Waals surface area contributed by atoms with Gasteiger partial charge < -0.3 is 10.2 Å². The average Bonchev–Trinajstić information content (AvgIpc) is 2.78. The van der Waals surface area contributed by atoms with E-state index in [4.69, 9.17) is 0 Å². The zero-order valence-electron chi connectivity index (χ0n) is 17.7. The lowest BCUT2D eigenvalue weighted by atomic mass is 10.2. The summed E-state index contributed by atoms with van der Waals surface area (Å²) in [6.07, 6.45) is 4.44. The fourth-order valence-electron chi connectivity index (χ4n) is 3.25. The van der Waals surface area contributed by atoms with E-state index in [0.29, 0.717) is 17.2 Å². The van der Waals surface area contributed by atoms with Crippen LogP contribution in [-0.4, -0.2) is 46.0 Å². The molecule has 1 heterocycles. The van der Waals surface area contributed by atoms with Crippen LogP contribution in [0.5, 0.6) is 0 Å². The predicted octanol–water partition coefficient (Wildman–Crippen LogP) is 4.99. The first-order chi connectivity index (χ1) is 15.0. The number of nitro groups is 1. The summed E-state index contributed by atoms with van der Waals surface area (Å²) in [5.41, 5.74) is 1.28. The highest BCUT2D eigenvalue weighted by molar-refractivity contribution is 5.91. The third-order valence-electron chi connectivity index (χ3n) is 5.04. The third-order valence-corrected chi connectivity index (χ3v) is 5.04. The molecule has 0 aliphatic rings. The van der Waals surface area contributed by atoms with Crippen LogP contribution in [0.4, 0.5) is 15.9 Å². The molecule has 0 saturated heterocycles. The molecule has 0 amide bonds. The molecule has 0 atom stereocenters. The Balaban J connectivity index is 1.87. The zero-order chi connectivity index (χ0) is 22.2. The van der Waals surface area contributed by atoms with Gasteiger partial charge in [-0.1, -0.05) is 32.1 Å². The van der Waals surface area contributed by atoms with Gasteiger partial charge in [0.05, 0.1) is 10.4 Å². The maximum Gasteiger partial charge on any atom is 0.271 e. The Hall–Kier alpha value is -3.39. The van der Waals surface area contributed by atoms with E-state index in [1.54, 1.807) is 30.4 Å². The number of fused-ring (bicyclic) bond motifs is 1. The van der Waals surface area contributed by atoms with Crippen LogP contribution >= 0.6 is 0 Å². The van der Waals surface area contributed by atoms with Crippen molar-refractivity contribution < 1.29 is 9.31 Å². The van der Waals surface area contributed by atoms with Gasteiger partial charge >= 0.3 is 0 Å². The smallest absolute Gasteiger partial charge is 0.271 e. The molecule has 0 spiro atoms. The van der Waals surface area contributed by atoms with Crippen LogP contribution in [0, 0.1) is 15.9 Å². The van der Waals surface area contributed by atoms with E-state index in [9.17, 15) is 14.5 Å². The Morgan fingerprint density at radius 2 is 1.84 bits per heavy atom. The van der Waals surface area contributed by atoms with Crippen molar-refractivity contribution in [3.05, 3.63) is 69.8 Å². The number of anilines is 1. The monoisotopic (exact) mass is 423 g/mol. The fourth-order valence-corrected chi connectivity index (χ4v) is 3.25. The highest BCUT2D eigenvalue weighted by atomic mass is 19.1. The van der Waals surface area contributed by atoms with E-state index >= 15 is 0 Å². The van der Waals surface area contributed by atoms with E-state index in [2.05, 4.69) is 34.0 Å². The fraction of sp³-hybridized carbons (Fsp3) is 0.304. The van der Waals surface area contributed by atoms with Crippen molar-refractivity contribution in [3.63, 3.8) is 0 Å². The molecule has 0 radical (unpaired) electrons. The Morgan fingerprint density at radius 1 is 1.10 bits per heavy atom. The van der Waals surface area contributed by atoms with Crippen molar-refractivity contribution in [2.75, 3.05) is 31.5 Å². The van der Waals surface area contributed by atoms with Gasteiger partial charge in [0.2, 0.25) is 0 Å². The minimum Gasteiger partial charge on any atom is -0.369 e. The van der Waals surface area contributed by atoms with Gasteiger partial charge in [-0.2, -0.15) is 0 Å². The van der Waals surface area contributed by atoms with Crippen LogP contribution in [0.1, 0.15) is 31.7 Å². The van der Waals surface area contributed by atoms with Crippen molar-refractivity contribution in [2.45, 2.75) is 20.3 Å². The standard InChI is InChI=1S/C23H26FN5O2/c1-3-28(4-2)15-5-14-25-23-20-12-11-19(29(30)31)16-21(20)26-22(27-23)13-8-17-6-9-18(24)10-7-17/h6-13,16H,3-5,14-15H2,1-2H3,(H,25,26,27). The van der Waals surface area contributed by atoms with Gasteiger partial charge in [0.1, 0.15) is 11.6 Å². The largest absolute Gasteiger partial charge is 0.369 e. The predicted molar refractivity (Wildman–Crippen MR) is 122 cm³/mol. The molecule has 1 aromatic heterocycles. The second kappa shape index (κ2) is 10.6. The van der Waals surface area contributed by atoms with Crippen LogP contribution in [0.2, 0.25) is 0 Å². The quantitative estimate of drug-likeness (QED) is 0.281. The molecule has 8 heteroatoms. The summed E-state index contributed by atoms with van der Waals surface area (Å²) in [6, 6.07) is 10.7. The van der Waals surface area contributed by atoms with E-state index in [1.165, 1.54) is 24.3 Å². The van der Waals surface area contributed by atoms with Crippen LogP contribution < -0.4 is 5.32 Å². The van der Waals surface area contributed by atoms with Crippen molar-refractivity contribution in [1.29, 1.82) is 0 Å². The first-order valence-electron chi connectivity index (χ1n) is 10.4. The number of hydrogen-bond donors (Lipinski definition) is 1. The number of non-ortho nitro benzene ring substituents is 1. The van der Waals surface area contributed by atoms with Crippen molar-refractivity contribution in [3.8, 4) is 0 Å². The zero-order valence-corrected chi connectivity index (χ0v) is 17.7. The molecule has 7 nitrogen and oxygen atoms in total. The van der Waals surface area contributed by atoms with Gasteiger partial charge in [0.25, 0.3) is 5.69 Å². The lowest BCUT2D eigenvalue weighted by molar-refractivity contribution is -0.384. The van der Waals surface area contributed by atoms with Gasteiger partial charge in [-0.15, -0.1) is 0 Å². The van der Waals surface area contributed by atoms with E-state index in [-0.39, 0.29) is 11.5 Å². The summed E-state index contributed by atoms with van der Waals surface area (Å²) in [5, 5.41) is 15.3. The Labute approximate surface area is 180 Å². The molecular formula is C23H26FN5O2. The van der Waals surface area contributed by atoms with Crippen LogP contribution in [0.3, 0.4) is 0 Å². The minimum absolute atomic E-state index is 0.0212. The third kappa shape index (κ3) is 6.05. The highest BCUT2D eigenvalue weighted by Gasteiger charge is 2.12. The maximum absolute atomic E-state index is 13.1. The van der Waals surface area contributed by atoms with Crippen LogP contribution in [0.15, 0.2) is 42.5 Å². The first-order valence-corrected chi connectivity index (χ1v) is 10.4. The van der Waals surface area contributed by atoms with Crippen LogP contribution in [-0.2, 0) is 0 Å². The number of rotatable bonds is 10. The van der Waals surface area contributed by atoms with E-state index in [0.717, 1.165) is 43.5 Å². The number of halogens is 1. The van der Waals surface area contributed by atoms with Gasteiger partial charge in [-0.05, 0) is 55.9 Å². The Kier molecular flexibility index (Phi) is 7.61. The van der Waals surface area contributed by atoms with E-state index in [1.807, 2.05) is 0 Å². The summed E-state index contributed by atoms with van der Waals surface area (Å²) in [7, 11) is 0. The molecule has 0 aliphatic carbocycles. The molecule has 0 aliphatic heterocycles. The SMILES string of the molecule is CCN(CC)CCCNc1nc(C=Cc2ccc(F)cc2)nc2cc([N+](=O)[O-])ccc12. The highest BCUT2D eigenvalue weighted by Crippen LogP contribution is 2.25.